The molecule has 1 saturated carbocycles. The van der Waals surface area contributed by atoms with Crippen molar-refractivity contribution in [1.82, 2.24) is 10.2 Å². The van der Waals surface area contributed by atoms with E-state index in [0.29, 0.717) is 13.0 Å². The third-order valence-electron chi connectivity index (χ3n) is 4.78. The quantitative estimate of drug-likeness (QED) is 0.765. The van der Waals surface area contributed by atoms with Gasteiger partial charge in [0.1, 0.15) is 5.54 Å². The van der Waals surface area contributed by atoms with Crippen molar-refractivity contribution in [3.8, 4) is 0 Å². The Hall–Kier alpha value is -1.26. The van der Waals surface area contributed by atoms with Crippen molar-refractivity contribution >= 4 is 12.0 Å². The maximum absolute atomic E-state index is 12.5. The summed E-state index contributed by atoms with van der Waals surface area (Å²) in [5.41, 5.74) is -1.05. The van der Waals surface area contributed by atoms with Gasteiger partial charge in [-0.3, -0.25) is 0 Å². The Kier molecular flexibility index (Phi) is 4.89. The summed E-state index contributed by atoms with van der Waals surface area (Å²) in [6.45, 7) is 2.21. The minimum absolute atomic E-state index is 0.193. The van der Waals surface area contributed by atoms with E-state index < -0.39 is 11.5 Å². The van der Waals surface area contributed by atoms with E-state index in [9.17, 15) is 14.7 Å². The lowest BCUT2D eigenvalue weighted by atomic mass is 9.89. The molecule has 1 saturated heterocycles. The number of rotatable bonds is 2. The van der Waals surface area contributed by atoms with Crippen LogP contribution in [0.4, 0.5) is 4.79 Å². The minimum Gasteiger partial charge on any atom is -0.480 e. The highest BCUT2D eigenvalue weighted by molar-refractivity contribution is 5.86. The van der Waals surface area contributed by atoms with Crippen molar-refractivity contribution in [2.75, 3.05) is 6.54 Å². The average molecular weight is 282 g/mol. The SMILES string of the molecule is CC1(C(=O)O)CCCCN1C(=O)NC1CCCCCC1. The number of nitrogens with one attached hydrogen (secondary N) is 1. The Labute approximate surface area is 120 Å². The summed E-state index contributed by atoms with van der Waals surface area (Å²) in [4.78, 5) is 25.5. The Balaban J connectivity index is 2.00. The number of carboxylic acid groups (broad SMARTS) is 1. The van der Waals surface area contributed by atoms with Crippen LogP contribution in [0.15, 0.2) is 0 Å². The molecule has 2 aliphatic rings. The van der Waals surface area contributed by atoms with Crippen LogP contribution >= 0.6 is 0 Å². The van der Waals surface area contributed by atoms with Crippen LogP contribution in [0.2, 0.25) is 0 Å². The van der Waals surface area contributed by atoms with Gasteiger partial charge in [0.05, 0.1) is 0 Å². The van der Waals surface area contributed by atoms with E-state index in [1.165, 1.54) is 17.7 Å². The molecule has 0 radical (unpaired) electrons. The van der Waals surface area contributed by atoms with E-state index in [1.807, 2.05) is 0 Å². The van der Waals surface area contributed by atoms with Crippen molar-refractivity contribution in [2.45, 2.75) is 76.3 Å². The van der Waals surface area contributed by atoms with Crippen LogP contribution < -0.4 is 5.32 Å². The number of carbonyl (C=O) groups is 2. The summed E-state index contributed by atoms with van der Waals surface area (Å²) >= 11 is 0. The number of carboxylic acids is 1. The van der Waals surface area contributed by atoms with Gasteiger partial charge in [-0.25, -0.2) is 9.59 Å². The molecule has 2 rings (SSSR count). The number of carbonyl (C=O) groups excluding carboxylic acids is 1. The molecule has 2 N–H and O–H groups in total. The number of amides is 2. The van der Waals surface area contributed by atoms with Crippen molar-refractivity contribution < 1.29 is 14.7 Å². The van der Waals surface area contributed by atoms with Crippen LogP contribution in [0.5, 0.6) is 0 Å². The molecule has 1 heterocycles. The molecule has 1 atom stereocenters. The highest BCUT2D eigenvalue weighted by Crippen LogP contribution is 2.28. The van der Waals surface area contributed by atoms with E-state index >= 15 is 0 Å². The lowest BCUT2D eigenvalue weighted by Crippen LogP contribution is -2.61. The molecule has 5 heteroatoms. The van der Waals surface area contributed by atoms with Gasteiger partial charge in [0.25, 0.3) is 0 Å². The molecule has 0 aromatic carbocycles. The molecule has 114 valence electrons. The van der Waals surface area contributed by atoms with E-state index in [2.05, 4.69) is 5.32 Å². The monoisotopic (exact) mass is 282 g/mol. The second kappa shape index (κ2) is 6.46. The summed E-state index contributed by atoms with van der Waals surface area (Å²) in [5.74, 6) is -0.895. The van der Waals surface area contributed by atoms with Crippen LogP contribution in [0.25, 0.3) is 0 Å². The number of nitrogens with zero attached hydrogens (tertiary/aromatic N) is 1. The normalized spacial score (nSPS) is 28.8. The maximum atomic E-state index is 12.5. The Morgan fingerprint density at radius 3 is 2.35 bits per heavy atom. The van der Waals surface area contributed by atoms with Crippen LogP contribution in [0, 0.1) is 0 Å². The number of hydrogen-bond acceptors (Lipinski definition) is 2. The lowest BCUT2D eigenvalue weighted by molar-refractivity contribution is -0.150. The fourth-order valence-electron chi connectivity index (χ4n) is 3.35. The zero-order chi connectivity index (χ0) is 14.6. The third-order valence-corrected chi connectivity index (χ3v) is 4.78. The van der Waals surface area contributed by atoms with E-state index in [-0.39, 0.29) is 12.1 Å². The Bertz CT molecular complexity index is 364. The lowest BCUT2D eigenvalue weighted by Gasteiger charge is -2.42. The molecular weight excluding hydrogens is 256 g/mol. The number of urea groups is 1. The first-order valence-electron chi connectivity index (χ1n) is 7.85. The van der Waals surface area contributed by atoms with Gasteiger partial charge in [0.2, 0.25) is 0 Å². The molecule has 1 unspecified atom stereocenters. The summed E-state index contributed by atoms with van der Waals surface area (Å²) in [6, 6.07) is 0.0199. The molecule has 2 amide bonds. The standard InChI is InChI=1S/C15H26N2O3/c1-15(13(18)19)10-6-7-11-17(15)14(20)16-12-8-4-2-3-5-9-12/h12H,2-11H2,1H3,(H,16,20)(H,18,19). The number of piperidine rings is 1. The Morgan fingerprint density at radius 1 is 1.10 bits per heavy atom. The molecule has 0 bridgehead atoms. The van der Waals surface area contributed by atoms with Gasteiger partial charge in [-0.15, -0.1) is 0 Å². The van der Waals surface area contributed by atoms with Gasteiger partial charge in [-0.2, -0.15) is 0 Å². The molecule has 0 aromatic rings. The van der Waals surface area contributed by atoms with E-state index in [4.69, 9.17) is 0 Å². The molecule has 0 spiro atoms. The highest BCUT2D eigenvalue weighted by Gasteiger charge is 2.44. The fourth-order valence-corrected chi connectivity index (χ4v) is 3.35. The molecular formula is C15H26N2O3. The zero-order valence-corrected chi connectivity index (χ0v) is 12.4. The molecule has 20 heavy (non-hydrogen) atoms. The van der Waals surface area contributed by atoms with E-state index in [0.717, 1.165) is 38.5 Å². The van der Waals surface area contributed by atoms with Crippen molar-refractivity contribution in [3.63, 3.8) is 0 Å². The molecule has 1 aliphatic carbocycles. The van der Waals surface area contributed by atoms with Crippen molar-refractivity contribution in [1.29, 1.82) is 0 Å². The molecule has 1 aliphatic heterocycles. The largest absolute Gasteiger partial charge is 0.480 e. The molecule has 5 nitrogen and oxygen atoms in total. The minimum atomic E-state index is -1.05. The van der Waals surface area contributed by atoms with E-state index in [1.54, 1.807) is 6.92 Å². The van der Waals surface area contributed by atoms with Crippen LogP contribution in [-0.2, 0) is 4.79 Å². The predicted octanol–water partition coefficient (Wildman–Crippen LogP) is 2.75. The smallest absolute Gasteiger partial charge is 0.329 e. The second-order valence-electron chi connectivity index (χ2n) is 6.33. The second-order valence-corrected chi connectivity index (χ2v) is 6.33. The predicted molar refractivity (Wildman–Crippen MR) is 76.6 cm³/mol. The van der Waals surface area contributed by atoms with Crippen LogP contribution in [-0.4, -0.2) is 40.1 Å². The van der Waals surface area contributed by atoms with Gasteiger partial charge in [0.15, 0.2) is 0 Å². The molecule has 2 fully saturated rings. The van der Waals surface area contributed by atoms with Gasteiger partial charge in [-0.05, 0) is 39.0 Å². The highest BCUT2D eigenvalue weighted by atomic mass is 16.4. The maximum Gasteiger partial charge on any atom is 0.329 e. The van der Waals surface area contributed by atoms with Crippen molar-refractivity contribution in [2.24, 2.45) is 0 Å². The third kappa shape index (κ3) is 3.25. The number of likely N-dealkylation sites (tertiary alicyclic amines) is 1. The van der Waals surface area contributed by atoms with Crippen molar-refractivity contribution in [3.05, 3.63) is 0 Å². The average Bonchev–Trinajstić information content (AvgIpc) is 2.67. The first kappa shape index (κ1) is 15.1. The molecule has 0 aromatic heterocycles. The van der Waals surface area contributed by atoms with Gasteiger partial charge in [0, 0.05) is 12.6 Å². The van der Waals surface area contributed by atoms with Crippen LogP contribution in [0.3, 0.4) is 0 Å². The zero-order valence-electron chi connectivity index (χ0n) is 12.4. The summed E-state index contributed by atoms with van der Waals surface area (Å²) in [7, 11) is 0. The first-order chi connectivity index (χ1) is 9.54. The summed E-state index contributed by atoms with van der Waals surface area (Å²) in [6.07, 6.45) is 9.12. The van der Waals surface area contributed by atoms with Gasteiger partial charge >= 0.3 is 12.0 Å². The summed E-state index contributed by atoms with van der Waals surface area (Å²) < 4.78 is 0. The number of hydrogen-bond donors (Lipinski definition) is 2. The number of aliphatic carboxylic acids is 1. The fraction of sp³-hybridized carbons (Fsp3) is 0.867. The van der Waals surface area contributed by atoms with Gasteiger partial charge in [-0.1, -0.05) is 25.7 Å². The Morgan fingerprint density at radius 2 is 1.75 bits per heavy atom. The topological polar surface area (TPSA) is 69.6 Å². The first-order valence-corrected chi connectivity index (χ1v) is 7.85. The van der Waals surface area contributed by atoms with Gasteiger partial charge < -0.3 is 15.3 Å². The summed E-state index contributed by atoms with van der Waals surface area (Å²) in [5, 5.41) is 12.5. The van der Waals surface area contributed by atoms with Crippen LogP contribution in [0.1, 0.15) is 64.7 Å².